The number of nitrogens with one attached hydrogen (secondary N) is 1. The highest BCUT2D eigenvalue weighted by Gasteiger charge is 1.90. The van der Waals surface area contributed by atoms with E-state index in [1.807, 2.05) is 13.3 Å². The summed E-state index contributed by atoms with van der Waals surface area (Å²) in [7, 11) is 1.99. The molecule has 0 aromatic heterocycles. The Morgan fingerprint density at radius 2 is 1.58 bits per heavy atom. The fourth-order valence-corrected chi connectivity index (χ4v) is 1.21. The SMILES string of the molecule is CNCCCCCCCC[C]=O. The van der Waals surface area contributed by atoms with Crippen LogP contribution in [0.25, 0.3) is 0 Å². The van der Waals surface area contributed by atoms with Crippen molar-refractivity contribution in [1.82, 2.24) is 5.32 Å². The van der Waals surface area contributed by atoms with Crippen LogP contribution in [0.3, 0.4) is 0 Å². The van der Waals surface area contributed by atoms with Crippen molar-refractivity contribution < 1.29 is 4.79 Å². The minimum atomic E-state index is 0.622. The number of carbonyl (C=O) groups excluding carboxylic acids is 1. The molecule has 0 aromatic rings. The third-order valence-electron chi connectivity index (χ3n) is 1.96. The molecule has 2 nitrogen and oxygen atoms in total. The predicted octanol–water partition coefficient (Wildman–Crippen LogP) is 2.05. The van der Waals surface area contributed by atoms with Crippen molar-refractivity contribution >= 4 is 6.29 Å². The lowest BCUT2D eigenvalue weighted by atomic mass is 10.1. The summed E-state index contributed by atoms with van der Waals surface area (Å²) in [6.45, 7) is 1.13. The van der Waals surface area contributed by atoms with Crippen LogP contribution in [0, 0.1) is 0 Å². The Kier molecular flexibility index (Phi) is 10.3. The molecular weight excluding hydrogens is 150 g/mol. The van der Waals surface area contributed by atoms with Gasteiger partial charge < -0.3 is 5.32 Å². The van der Waals surface area contributed by atoms with E-state index in [4.69, 9.17) is 0 Å². The second-order valence-electron chi connectivity index (χ2n) is 3.12. The Bertz CT molecular complexity index is 93.8. The third-order valence-corrected chi connectivity index (χ3v) is 1.96. The molecule has 0 aliphatic rings. The average molecular weight is 170 g/mol. The summed E-state index contributed by atoms with van der Waals surface area (Å²) in [5.74, 6) is 0. The van der Waals surface area contributed by atoms with Gasteiger partial charge >= 0.3 is 0 Å². The fraction of sp³-hybridized carbons (Fsp3) is 0.900. The van der Waals surface area contributed by atoms with E-state index in [2.05, 4.69) is 5.32 Å². The van der Waals surface area contributed by atoms with Crippen molar-refractivity contribution in [3.05, 3.63) is 0 Å². The molecule has 0 aromatic carbocycles. The molecule has 0 unspecified atom stereocenters. The molecule has 0 fully saturated rings. The van der Waals surface area contributed by atoms with E-state index in [0.29, 0.717) is 6.42 Å². The van der Waals surface area contributed by atoms with Gasteiger partial charge in [-0.25, -0.2) is 0 Å². The van der Waals surface area contributed by atoms with Gasteiger partial charge in [0.2, 0.25) is 0 Å². The Morgan fingerprint density at radius 1 is 1.00 bits per heavy atom. The molecule has 0 atom stereocenters. The van der Waals surface area contributed by atoms with Crippen LogP contribution in [0.5, 0.6) is 0 Å². The quantitative estimate of drug-likeness (QED) is 0.536. The summed E-state index contributed by atoms with van der Waals surface area (Å²) in [4.78, 5) is 9.85. The predicted molar refractivity (Wildman–Crippen MR) is 51.9 cm³/mol. The molecule has 0 heterocycles. The van der Waals surface area contributed by atoms with Gasteiger partial charge in [0.25, 0.3) is 0 Å². The van der Waals surface area contributed by atoms with Crippen LogP contribution in [0.2, 0.25) is 0 Å². The first-order valence-corrected chi connectivity index (χ1v) is 4.91. The number of rotatable bonds is 9. The Balaban J connectivity index is 2.77. The molecule has 2 heteroatoms. The van der Waals surface area contributed by atoms with E-state index in [0.717, 1.165) is 13.0 Å². The van der Waals surface area contributed by atoms with E-state index < -0.39 is 0 Å². The maximum atomic E-state index is 9.85. The highest BCUT2D eigenvalue weighted by Crippen LogP contribution is 2.05. The second-order valence-corrected chi connectivity index (χ2v) is 3.12. The van der Waals surface area contributed by atoms with Crippen LogP contribution < -0.4 is 5.32 Å². The molecular formula is C10H20NO. The van der Waals surface area contributed by atoms with Gasteiger partial charge in [0.15, 0.2) is 6.29 Å². The summed E-state index contributed by atoms with van der Waals surface area (Å²) in [6, 6.07) is 0. The van der Waals surface area contributed by atoms with Crippen molar-refractivity contribution in [1.29, 1.82) is 0 Å². The van der Waals surface area contributed by atoms with Crippen LogP contribution in [-0.2, 0) is 4.79 Å². The van der Waals surface area contributed by atoms with Gasteiger partial charge in [0.1, 0.15) is 0 Å². The molecule has 0 bridgehead atoms. The summed E-state index contributed by atoms with van der Waals surface area (Å²) >= 11 is 0. The first-order chi connectivity index (χ1) is 5.91. The summed E-state index contributed by atoms with van der Waals surface area (Å²) < 4.78 is 0. The topological polar surface area (TPSA) is 29.1 Å². The highest BCUT2D eigenvalue weighted by molar-refractivity contribution is 5.50. The Morgan fingerprint density at radius 3 is 2.17 bits per heavy atom. The maximum Gasteiger partial charge on any atom is 0.198 e. The van der Waals surface area contributed by atoms with Crippen LogP contribution in [0.15, 0.2) is 0 Å². The normalized spacial score (nSPS) is 10.1. The summed E-state index contributed by atoms with van der Waals surface area (Å²) in [6.07, 6.45) is 9.91. The zero-order valence-corrected chi connectivity index (χ0v) is 8.07. The zero-order valence-electron chi connectivity index (χ0n) is 8.07. The van der Waals surface area contributed by atoms with Crippen molar-refractivity contribution in [2.24, 2.45) is 0 Å². The molecule has 0 aliphatic heterocycles. The molecule has 0 aliphatic carbocycles. The van der Waals surface area contributed by atoms with Crippen LogP contribution in [0.1, 0.15) is 44.9 Å². The second kappa shape index (κ2) is 10.6. The first-order valence-electron chi connectivity index (χ1n) is 4.91. The first kappa shape index (κ1) is 11.6. The van der Waals surface area contributed by atoms with Gasteiger partial charge in [0.05, 0.1) is 0 Å². The average Bonchev–Trinajstić information content (AvgIpc) is 2.10. The lowest BCUT2D eigenvalue weighted by molar-refractivity contribution is 0.540. The Labute approximate surface area is 75.7 Å². The van der Waals surface area contributed by atoms with Gasteiger partial charge in [-0.05, 0) is 26.4 Å². The minimum Gasteiger partial charge on any atom is -0.320 e. The smallest absolute Gasteiger partial charge is 0.198 e. The standard InChI is InChI=1S/C10H20NO/c1-11-9-7-5-3-2-4-6-8-10-12/h11H,2-9H2,1H3. The van der Waals surface area contributed by atoms with Gasteiger partial charge in [-0.1, -0.05) is 25.7 Å². The molecule has 0 saturated heterocycles. The van der Waals surface area contributed by atoms with Gasteiger partial charge in [-0.2, -0.15) is 0 Å². The van der Waals surface area contributed by atoms with Gasteiger partial charge in [0, 0.05) is 6.42 Å². The van der Waals surface area contributed by atoms with E-state index in [9.17, 15) is 4.79 Å². The van der Waals surface area contributed by atoms with Gasteiger partial charge in [-0.3, -0.25) is 4.79 Å². The molecule has 71 valence electrons. The van der Waals surface area contributed by atoms with E-state index >= 15 is 0 Å². The van der Waals surface area contributed by atoms with Crippen LogP contribution in [0.4, 0.5) is 0 Å². The number of unbranched alkanes of at least 4 members (excludes halogenated alkanes) is 6. The fourth-order valence-electron chi connectivity index (χ4n) is 1.21. The van der Waals surface area contributed by atoms with Crippen LogP contribution >= 0.6 is 0 Å². The largest absolute Gasteiger partial charge is 0.320 e. The van der Waals surface area contributed by atoms with Crippen LogP contribution in [-0.4, -0.2) is 19.9 Å². The van der Waals surface area contributed by atoms with E-state index in [1.54, 1.807) is 0 Å². The molecule has 1 radical (unpaired) electrons. The number of hydrogen-bond acceptors (Lipinski definition) is 2. The van der Waals surface area contributed by atoms with Crippen molar-refractivity contribution in [2.75, 3.05) is 13.6 Å². The Hall–Kier alpha value is -0.370. The lowest BCUT2D eigenvalue weighted by Gasteiger charge is -1.99. The maximum absolute atomic E-state index is 9.85. The summed E-state index contributed by atoms with van der Waals surface area (Å²) in [5.41, 5.74) is 0. The van der Waals surface area contributed by atoms with Gasteiger partial charge in [-0.15, -0.1) is 0 Å². The lowest BCUT2D eigenvalue weighted by Crippen LogP contribution is -2.06. The third kappa shape index (κ3) is 9.63. The van der Waals surface area contributed by atoms with Crippen molar-refractivity contribution in [3.8, 4) is 0 Å². The molecule has 12 heavy (non-hydrogen) atoms. The zero-order chi connectivity index (χ0) is 9.07. The van der Waals surface area contributed by atoms with E-state index in [-0.39, 0.29) is 0 Å². The van der Waals surface area contributed by atoms with E-state index in [1.165, 1.54) is 32.1 Å². The molecule has 0 spiro atoms. The molecule has 0 amide bonds. The molecule has 0 rings (SSSR count). The molecule has 1 N–H and O–H groups in total. The molecule has 0 saturated carbocycles. The number of hydrogen-bond donors (Lipinski definition) is 1. The highest BCUT2D eigenvalue weighted by atomic mass is 16.1. The monoisotopic (exact) mass is 170 g/mol. The van der Waals surface area contributed by atoms with Crippen molar-refractivity contribution in [3.63, 3.8) is 0 Å². The summed E-state index contributed by atoms with van der Waals surface area (Å²) in [5, 5.41) is 3.13. The van der Waals surface area contributed by atoms with Crippen molar-refractivity contribution in [2.45, 2.75) is 44.9 Å². The minimum absolute atomic E-state index is 0.622.